The zero-order chi connectivity index (χ0) is 18.4. The van der Waals surface area contributed by atoms with Gasteiger partial charge in [0.05, 0.1) is 26.9 Å². The van der Waals surface area contributed by atoms with E-state index in [-0.39, 0.29) is 18.2 Å². The van der Waals surface area contributed by atoms with Gasteiger partial charge in [-0.1, -0.05) is 24.3 Å². The Hall–Kier alpha value is -2.12. The van der Waals surface area contributed by atoms with Crippen molar-refractivity contribution in [1.29, 1.82) is 0 Å². The van der Waals surface area contributed by atoms with E-state index in [9.17, 15) is 9.59 Å². The second kappa shape index (κ2) is 8.51. The fourth-order valence-electron chi connectivity index (χ4n) is 3.43. The minimum Gasteiger partial charge on any atom is -0.464 e. The van der Waals surface area contributed by atoms with Crippen molar-refractivity contribution in [3.8, 4) is 0 Å². The molecule has 0 bridgehead atoms. The van der Waals surface area contributed by atoms with Gasteiger partial charge in [-0.25, -0.2) is 9.59 Å². The van der Waals surface area contributed by atoms with Crippen LogP contribution in [0.1, 0.15) is 32.1 Å². The molecule has 7 nitrogen and oxygen atoms in total. The maximum absolute atomic E-state index is 12.1. The maximum Gasteiger partial charge on any atom is 0.411 e. The number of esters is 1. The van der Waals surface area contributed by atoms with E-state index in [2.05, 4.69) is 5.32 Å². The average molecular weight is 363 g/mol. The van der Waals surface area contributed by atoms with Crippen LogP contribution >= 0.6 is 0 Å². The molecule has 7 heteroatoms. The van der Waals surface area contributed by atoms with E-state index in [0.29, 0.717) is 38.9 Å². The van der Waals surface area contributed by atoms with Gasteiger partial charge in [0.15, 0.2) is 5.79 Å². The number of rotatable bonds is 4. The third-order valence-electron chi connectivity index (χ3n) is 4.90. The quantitative estimate of drug-likeness (QED) is 0.611. The third kappa shape index (κ3) is 4.53. The minimum absolute atomic E-state index is 0.159. The van der Waals surface area contributed by atoms with E-state index in [4.69, 9.17) is 18.9 Å². The Morgan fingerprint density at radius 3 is 2.58 bits per heavy atom. The fraction of sp³-hybridized carbons (Fsp3) is 0.579. The molecule has 1 saturated heterocycles. The Morgan fingerprint density at radius 1 is 1.23 bits per heavy atom. The molecule has 3 rings (SSSR count). The number of carbonyl (C=O) groups is 2. The normalized spacial score (nSPS) is 23.7. The molecule has 0 aromatic heterocycles. The number of amides is 1. The first-order valence-corrected chi connectivity index (χ1v) is 8.97. The lowest BCUT2D eigenvalue weighted by atomic mass is 9.88. The van der Waals surface area contributed by atoms with Gasteiger partial charge in [-0.2, -0.15) is 0 Å². The molecular weight excluding hydrogens is 338 g/mol. The number of hydrogen-bond acceptors (Lipinski definition) is 6. The van der Waals surface area contributed by atoms with Crippen LogP contribution in [0.25, 0.3) is 0 Å². The van der Waals surface area contributed by atoms with E-state index < -0.39 is 17.8 Å². The van der Waals surface area contributed by atoms with Gasteiger partial charge in [0.1, 0.15) is 5.70 Å². The molecule has 2 fully saturated rings. The molecule has 1 unspecified atom stereocenters. The molecule has 0 aromatic carbocycles. The monoisotopic (exact) mass is 363 g/mol. The SMILES string of the molecule is COC(=O)C(NC(=O)OCC1C=CC=CC1)=C1CCC2(CC1)OCCO2. The summed E-state index contributed by atoms with van der Waals surface area (Å²) in [7, 11) is 1.29. The first-order chi connectivity index (χ1) is 12.6. The highest BCUT2D eigenvalue weighted by Gasteiger charge is 2.40. The van der Waals surface area contributed by atoms with E-state index in [1.54, 1.807) is 0 Å². The van der Waals surface area contributed by atoms with Crippen molar-refractivity contribution in [2.75, 3.05) is 26.9 Å². The molecule has 1 saturated carbocycles. The summed E-state index contributed by atoms with van der Waals surface area (Å²) >= 11 is 0. The molecular formula is C19H25NO6. The smallest absolute Gasteiger partial charge is 0.411 e. The molecule has 1 spiro atoms. The molecule has 1 aliphatic heterocycles. The zero-order valence-electron chi connectivity index (χ0n) is 15.0. The summed E-state index contributed by atoms with van der Waals surface area (Å²) in [6, 6.07) is 0. The van der Waals surface area contributed by atoms with Crippen molar-refractivity contribution in [1.82, 2.24) is 5.32 Å². The van der Waals surface area contributed by atoms with Crippen LogP contribution in [0, 0.1) is 5.92 Å². The second-order valence-corrected chi connectivity index (χ2v) is 6.61. The van der Waals surface area contributed by atoms with Crippen molar-refractivity contribution in [3.05, 3.63) is 35.6 Å². The molecule has 1 amide bonds. The van der Waals surface area contributed by atoms with E-state index in [1.165, 1.54) is 7.11 Å². The van der Waals surface area contributed by atoms with Crippen LogP contribution in [0.15, 0.2) is 35.6 Å². The molecule has 2 aliphatic carbocycles. The Balaban J connectivity index is 1.59. The summed E-state index contributed by atoms with van der Waals surface area (Å²) < 4.78 is 21.5. The average Bonchev–Trinajstić information content (AvgIpc) is 3.13. The predicted molar refractivity (Wildman–Crippen MR) is 93.0 cm³/mol. The number of nitrogens with one attached hydrogen (secondary N) is 1. The van der Waals surface area contributed by atoms with Crippen molar-refractivity contribution in [2.45, 2.75) is 37.9 Å². The topological polar surface area (TPSA) is 83.1 Å². The fourth-order valence-corrected chi connectivity index (χ4v) is 3.43. The molecule has 0 radical (unpaired) electrons. The highest BCUT2D eigenvalue weighted by Crippen LogP contribution is 2.38. The summed E-state index contributed by atoms with van der Waals surface area (Å²) in [5.74, 6) is -0.945. The van der Waals surface area contributed by atoms with E-state index >= 15 is 0 Å². The molecule has 26 heavy (non-hydrogen) atoms. The van der Waals surface area contributed by atoms with Crippen LogP contribution in [0.2, 0.25) is 0 Å². The van der Waals surface area contributed by atoms with Gasteiger partial charge in [-0.3, -0.25) is 5.32 Å². The standard InChI is InChI=1S/C19H25NO6/c1-23-17(21)16(15-7-9-19(10-8-15)25-11-12-26-19)20-18(22)24-13-14-5-3-2-4-6-14/h2-5,14H,6-13H2,1H3,(H,20,22). The summed E-state index contributed by atoms with van der Waals surface area (Å²) in [6.07, 6.45) is 10.6. The third-order valence-corrected chi connectivity index (χ3v) is 4.90. The Bertz CT molecular complexity index is 618. The summed E-state index contributed by atoms with van der Waals surface area (Å²) in [4.78, 5) is 24.3. The number of hydrogen-bond donors (Lipinski definition) is 1. The lowest BCUT2D eigenvalue weighted by Crippen LogP contribution is -2.36. The first kappa shape index (κ1) is 18.7. The Morgan fingerprint density at radius 2 is 1.96 bits per heavy atom. The maximum atomic E-state index is 12.1. The van der Waals surface area contributed by atoms with Crippen molar-refractivity contribution in [2.24, 2.45) is 5.92 Å². The first-order valence-electron chi connectivity index (χ1n) is 8.97. The highest BCUT2D eigenvalue weighted by molar-refractivity contribution is 5.93. The van der Waals surface area contributed by atoms with E-state index in [1.807, 2.05) is 24.3 Å². The minimum atomic E-state index is -0.644. The van der Waals surface area contributed by atoms with Gasteiger partial charge >= 0.3 is 12.1 Å². The number of methoxy groups -OCH3 is 1. The van der Waals surface area contributed by atoms with Gasteiger partial charge in [-0.05, 0) is 24.8 Å². The highest BCUT2D eigenvalue weighted by atomic mass is 16.7. The largest absolute Gasteiger partial charge is 0.464 e. The number of ether oxygens (including phenoxy) is 4. The molecule has 0 aromatic rings. The summed E-state index contributed by atoms with van der Waals surface area (Å²) in [6.45, 7) is 1.46. The van der Waals surface area contributed by atoms with Crippen LogP contribution in [0.5, 0.6) is 0 Å². The molecule has 1 N–H and O–H groups in total. The summed E-state index contributed by atoms with van der Waals surface area (Å²) in [5, 5.41) is 2.58. The Kier molecular flexibility index (Phi) is 6.11. The number of alkyl carbamates (subject to hydrolysis) is 1. The van der Waals surface area contributed by atoms with Crippen molar-refractivity contribution in [3.63, 3.8) is 0 Å². The summed E-state index contributed by atoms with van der Waals surface area (Å²) in [5.41, 5.74) is 1.00. The van der Waals surface area contributed by atoms with Crippen LogP contribution < -0.4 is 5.32 Å². The van der Waals surface area contributed by atoms with E-state index in [0.717, 1.165) is 12.0 Å². The second-order valence-electron chi connectivity index (χ2n) is 6.61. The van der Waals surface area contributed by atoms with Crippen LogP contribution in [-0.2, 0) is 23.7 Å². The molecule has 142 valence electrons. The lowest BCUT2D eigenvalue weighted by Gasteiger charge is -2.33. The molecule has 3 aliphatic rings. The van der Waals surface area contributed by atoms with Crippen molar-refractivity contribution < 1.29 is 28.5 Å². The number of carbonyl (C=O) groups excluding carboxylic acids is 2. The van der Waals surface area contributed by atoms with Crippen LogP contribution in [0.3, 0.4) is 0 Å². The molecule has 1 heterocycles. The van der Waals surface area contributed by atoms with Gasteiger partial charge in [0.2, 0.25) is 0 Å². The van der Waals surface area contributed by atoms with Gasteiger partial charge in [0.25, 0.3) is 0 Å². The van der Waals surface area contributed by atoms with Crippen LogP contribution in [-0.4, -0.2) is 44.8 Å². The van der Waals surface area contributed by atoms with Crippen LogP contribution in [0.4, 0.5) is 4.79 Å². The number of allylic oxidation sites excluding steroid dienone is 4. The molecule has 1 atom stereocenters. The van der Waals surface area contributed by atoms with Gasteiger partial charge in [0, 0.05) is 18.8 Å². The van der Waals surface area contributed by atoms with Gasteiger partial charge in [-0.15, -0.1) is 0 Å². The Labute approximate surface area is 153 Å². The zero-order valence-corrected chi connectivity index (χ0v) is 15.0. The lowest BCUT2D eigenvalue weighted by molar-refractivity contribution is -0.171. The van der Waals surface area contributed by atoms with Gasteiger partial charge < -0.3 is 18.9 Å². The van der Waals surface area contributed by atoms with Crippen molar-refractivity contribution >= 4 is 12.1 Å². The predicted octanol–water partition coefficient (Wildman–Crippen LogP) is 2.59.